The zero-order valence-electron chi connectivity index (χ0n) is 15.7. The molecule has 0 unspecified atom stereocenters. The van der Waals surface area contributed by atoms with Crippen LogP contribution in [0, 0.1) is 6.92 Å². The van der Waals surface area contributed by atoms with Gasteiger partial charge in [0.1, 0.15) is 13.2 Å². The molecule has 29 heavy (non-hydrogen) atoms. The van der Waals surface area contributed by atoms with E-state index in [4.69, 9.17) is 19.9 Å². The number of fused-ring (bicyclic) bond motifs is 1. The zero-order valence-corrected chi connectivity index (χ0v) is 15.7. The van der Waals surface area contributed by atoms with Crippen molar-refractivity contribution in [1.82, 2.24) is 15.0 Å². The topological polar surface area (TPSA) is 121 Å². The molecule has 1 aliphatic heterocycles. The van der Waals surface area contributed by atoms with Gasteiger partial charge in [0.25, 0.3) is 0 Å². The first-order valence-corrected chi connectivity index (χ1v) is 8.98. The Bertz CT molecular complexity index is 1040. The Morgan fingerprint density at radius 1 is 1.07 bits per heavy atom. The molecular weight excluding hydrogens is 374 g/mol. The molecule has 1 aromatic heterocycles. The molecular formula is C20H19N5O4. The second kappa shape index (κ2) is 8.01. The molecule has 0 bridgehead atoms. The maximum Gasteiger partial charge on any atom is 0.338 e. The molecule has 0 saturated heterocycles. The predicted octanol–water partition coefficient (Wildman–Crippen LogP) is 2.63. The van der Waals surface area contributed by atoms with Gasteiger partial charge in [-0.1, -0.05) is 17.7 Å². The standard InChI is InChI=1S/C20H19N5O4/c1-12-2-5-14(6-3-12)22-20-24-17(23-19(21)25-20)11-29-18(26)13-4-7-15-16(10-13)28-9-8-27-15/h2-7,10H,8-9,11H2,1H3,(H3,21,22,23,24,25). The van der Waals surface area contributed by atoms with Crippen molar-refractivity contribution in [3.05, 3.63) is 59.4 Å². The number of carbonyl (C=O) groups excluding carboxylic acids is 1. The Hall–Kier alpha value is -3.88. The highest BCUT2D eigenvalue weighted by molar-refractivity contribution is 5.90. The minimum Gasteiger partial charge on any atom is -0.486 e. The van der Waals surface area contributed by atoms with Crippen LogP contribution in [0.4, 0.5) is 17.6 Å². The van der Waals surface area contributed by atoms with E-state index >= 15 is 0 Å². The van der Waals surface area contributed by atoms with E-state index in [0.717, 1.165) is 11.3 Å². The number of hydrogen-bond acceptors (Lipinski definition) is 9. The van der Waals surface area contributed by atoms with Gasteiger partial charge < -0.3 is 25.3 Å². The summed E-state index contributed by atoms with van der Waals surface area (Å²) >= 11 is 0. The summed E-state index contributed by atoms with van der Waals surface area (Å²) in [5, 5.41) is 3.05. The molecule has 0 fully saturated rings. The van der Waals surface area contributed by atoms with Gasteiger partial charge in [0, 0.05) is 5.69 Å². The summed E-state index contributed by atoms with van der Waals surface area (Å²) in [6.45, 7) is 2.77. The smallest absolute Gasteiger partial charge is 0.338 e. The van der Waals surface area contributed by atoms with Crippen molar-refractivity contribution in [2.45, 2.75) is 13.5 Å². The van der Waals surface area contributed by atoms with Gasteiger partial charge >= 0.3 is 5.97 Å². The number of anilines is 3. The molecule has 1 aliphatic rings. The molecule has 2 heterocycles. The summed E-state index contributed by atoms with van der Waals surface area (Å²) in [6.07, 6.45) is 0. The molecule has 9 nitrogen and oxygen atoms in total. The van der Waals surface area contributed by atoms with Gasteiger partial charge in [-0.2, -0.15) is 15.0 Å². The quantitative estimate of drug-likeness (QED) is 0.630. The molecule has 0 amide bonds. The number of aromatic nitrogens is 3. The summed E-state index contributed by atoms with van der Waals surface area (Å²) in [7, 11) is 0. The van der Waals surface area contributed by atoms with E-state index in [1.807, 2.05) is 31.2 Å². The average molecular weight is 393 g/mol. The normalized spacial score (nSPS) is 12.3. The SMILES string of the molecule is Cc1ccc(Nc2nc(N)nc(COC(=O)c3ccc4c(c3)OCCO4)n2)cc1. The van der Waals surface area contributed by atoms with E-state index in [1.165, 1.54) is 0 Å². The Labute approximate surface area is 166 Å². The van der Waals surface area contributed by atoms with Crippen LogP contribution >= 0.6 is 0 Å². The largest absolute Gasteiger partial charge is 0.486 e. The summed E-state index contributed by atoms with van der Waals surface area (Å²) in [5.74, 6) is 1.11. The number of benzene rings is 2. The van der Waals surface area contributed by atoms with Crippen LogP contribution in [0.15, 0.2) is 42.5 Å². The van der Waals surface area contributed by atoms with Crippen molar-refractivity contribution >= 4 is 23.6 Å². The fourth-order valence-electron chi connectivity index (χ4n) is 2.71. The van der Waals surface area contributed by atoms with Crippen LogP contribution in [0.1, 0.15) is 21.7 Å². The van der Waals surface area contributed by atoms with Crippen LogP contribution in [0.25, 0.3) is 0 Å². The first-order chi connectivity index (χ1) is 14.1. The molecule has 0 saturated carbocycles. The van der Waals surface area contributed by atoms with Gasteiger partial charge in [-0.25, -0.2) is 4.79 Å². The molecule has 0 aliphatic carbocycles. The fourth-order valence-corrected chi connectivity index (χ4v) is 2.71. The van der Waals surface area contributed by atoms with E-state index in [0.29, 0.717) is 30.3 Å². The predicted molar refractivity (Wildman–Crippen MR) is 105 cm³/mol. The Morgan fingerprint density at radius 3 is 2.62 bits per heavy atom. The lowest BCUT2D eigenvalue weighted by Crippen LogP contribution is -2.16. The first kappa shape index (κ1) is 18.5. The van der Waals surface area contributed by atoms with Gasteiger partial charge in [0.15, 0.2) is 23.9 Å². The van der Waals surface area contributed by atoms with Crippen LogP contribution < -0.4 is 20.5 Å². The van der Waals surface area contributed by atoms with Crippen molar-refractivity contribution in [3.63, 3.8) is 0 Å². The molecule has 9 heteroatoms. The van der Waals surface area contributed by atoms with Crippen molar-refractivity contribution in [1.29, 1.82) is 0 Å². The molecule has 4 rings (SSSR count). The van der Waals surface area contributed by atoms with Crippen LogP contribution in [-0.2, 0) is 11.3 Å². The lowest BCUT2D eigenvalue weighted by Gasteiger charge is -2.18. The monoisotopic (exact) mass is 393 g/mol. The Morgan fingerprint density at radius 2 is 1.83 bits per heavy atom. The Kier molecular flexibility index (Phi) is 5.10. The summed E-state index contributed by atoms with van der Waals surface area (Å²) < 4.78 is 16.2. The summed E-state index contributed by atoms with van der Waals surface area (Å²) in [5.41, 5.74) is 8.04. The van der Waals surface area contributed by atoms with Gasteiger partial charge in [-0.3, -0.25) is 0 Å². The van der Waals surface area contributed by atoms with Crippen molar-refractivity contribution in [2.24, 2.45) is 0 Å². The summed E-state index contributed by atoms with van der Waals surface area (Å²) in [6, 6.07) is 12.6. The lowest BCUT2D eigenvalue weighted by molar-refractivity contribution is 0.0461. The number of nitrogens with two attached hydrogens (primary N) is 1. The van der Waals surface area contributed by atoms with Gasteiger partial charge in [0.05, 0.1) is 5.56 Å². The number of nitrogen functional groups attached to an aromatic ring is 1. The highest BCUT2D eigenvalue weighted by Gasteiger charge is 2.16. The number of carbonyl (C=O) groups is 1. The first-order valence-electron chi connectivity index (χ1n) is 8.98. The molecule has 3 N–H and O–H groups in total. The summed E-state index contributed by atoms with van der Waals surface area (Å²) in [4.78, 5) is 24.7. The van der Waals surface area contributed by atoms with E-state index < -0.39 is 5.97 Å². The van der Waals surface area contributed by atoms with Crippen LogP contribution in [0.2, 0.25) is 0 Å². The minimum absolute atomic E-state index is 0.0278. The maximum atomic E-state index is 12.4. The number of hydrogen-bond donors (Lipinski definition) is 2. The van der Waals surface area contributed by atoms with Crippen molar-refractivity contribution in [3.8, 4) is 11.5 Å². The second-order valence-corrected chi connectivity index (χ2v) is 6.36. The highest BCUT2D eigenvalue weighted by Crippen LogP contribution is 2.31. The molecule has 2 aromatic carbocycles. The number of nitrogens with one attached hydrogen (secondary N) is 1. The van der Waals surface area contributed by atoms with Gasteiger partial charge in [-0.15, -0.1) is 0 Å². The van der Waals surface area contributed by atoms with E-state index in [2.05, 4.69) is 20.3 Å². The molecule has 0 spiro atoms. The molecule has 3 aromatic rings. The third-order valence-electron chi connectivity index (χ3n) is 4.12. The Balaban J connectivity index is 1.43. The van der Waals surface area contributed by atoms with Gasteiger partial charge in [-0.05, 0) is 37.3 Å². The number of ether oxygens (including phenoxy) is 3. The van der Waals surface area contributed by atoms with Crippen LogP contribution in [0.3, 0.4) is 0 Å². The van der Waals surface area contributed by atoms with Crippen molar-refractivity contribution in [2.75, 3.05) is 24.3 Å². The zero-order chi connectivity index (χ0) is 20.2. The number of rotatable bonds is 5. The van der Waals surface area contributed by atoms with Crippen LogP contribution in [0.5, 0.6) is 11.5 Å². The average Bonchev–Trinajstić information content (AvgIpc) is 2.73. The third-order valence-corrected chi connectivity index (χ3v) is 4.12. The lowest BCUT2D eigenvalue weighted by atomic mass is 10.2. The number of nitrogens with zero attached hydrogens (tertiary/aromatic N) is 3. The second-order valence-electron chi connectivity index (χ2n) is 6.36. The third kappa shape index (κ3) is 4.52. The molecule has 0 atom stereocenters. The van der Waals surface area contributed by atoms with Gasteiger partial charge in [0.2, 0.25) is 11.9 Å². The fraction of sp³-hybridized carbons (Fsp3) is 0.200. The van der Waals surface area contributed by atoms with Crippen molar-refractivity contribution < 1.29 is 19.0 Å². The van der Waals surface area contributed by atoms with Crippen LogP contribution in [-0.4, -0.2) is 34.1 Å². The molecule has 0 radical (unpaired) electrons. The molecule has 148 valence electrons. The minimum atomic E-state index is -0.533. The highest BCUT2D eigenvalue weighted by atomic mass is 16.6. The van der Waals surface area contributed by atoms with E-state index in [1.54, 1.807) is 18.2 Å². The number of aryl methyl sites for hydroxylation is 1. The maximum absolute atomic E-state index is 12.4. The van der Waals surface area contributed by atoms with E-state index in [9.17, 15) is 4.79 Å². The number of esters is 1. The van der Waals surface area contributed by atoms with E-state index in [-0.39, 0.29) is 24.3 Å².